The van der Waals surface area contributed by atoms with Crippen molar-refractivity contribution < 1.29 is 14.7 Å². The van der Waals surface area contributed by atoms with E-state index in [-0.39, 0.29) is 11.7 Å². The minimum atomic E-state index is -0.330. The molecule has 0 atom stereocenters. The van der Waals surface area contributed by atoms with Crippen LogP contribution < -0.4 is 15.7 Å². The van der Waals surface area contributed by atoms with Gasteiger partial charge >= 0.3 is 0 Å². The molecule has 2 N–H and O–H groups in total. The van der Waals surface area contributed by atoms with E-state index in [1.165, 1.54) is 35.2 Å². The summed E-state index contributed by atoms with van der Waals surface area (Å²) < 4.78 is 0. The number of anilines is 3. The Morgan fingerprint density at radius 2 is 1.79 bits per heavy atom. The van der Waals surface area contributed by atoms with Gasteiger partial charge in [0.25, 0.3) is 5.91 Å². The fourth-order valence-corrected chi connectivity index (χ4v) is 4.64. The van der Waals surface area contributed by atoms with Gasteiger partial charge in [-0.05, 0) is 91.4 Å². The van der Waals surface area contributed by atoms with Crippen LogP contribution in [0, 0.1) is 13.8 Å². The summed E-state index contributed by atoms with van der Waals surface area (Å²) in [6, 6.07) is 22.5. The van der Waals surface area contributed by atoms with Gasteiger partial charge in [0.05, 0.1) is 12.7 Å². The lowest BCUT2D eigenvalue weighted by atomic mass is 9.97. The van der Waals surface area contributed by atoms with Gasteiger partial charge in [0.15, 0.2) is 5.84 Å². The quantitative estimate of drug-likeness (QED) is 0.0960. The number of carbonyl (C=O) groups is 1. The number of amides is 1. The van der Waals surface area contributed by atoms with Crippen molar-refractivity contribution in [2.45, 2.75) is 26.7 Å². The van der Waals surface area contributed by atoms with Crippen LogP contribution in [0.5, 0.6) is 0 Å². The summed E-state index contributed by atoms with van der Waals surface area (Å²) in [6.45, 7) is 5.29. The van der Waals surface area contributed by atoms with E-state index in [1.54, 1.807) is 13.1 Å². The zero-order valence-electron chi connectivity index (χ0n) is 22.3. The first-order valence-corrected chi connectivity index (χ1v) is 12.6. The third kappa shape index (κ3) is 6.76. The molecule has 1 heterocycles. The molecule has 3 aromatic carbocycles. The highest BCUT2D eigenvalue weighted by atomic mass is 17.3. The number of aliphatic imine (C=N–C) groups is 1. The van der Waals surface area contributed by atoms with Crippen LogP contribution in [0.4, 0.5) is 17.1 Å². The maximum absolute atomic E-state index is 13.1. The summed E-state index contributed by atoms with van der Waals surface area (Å²) in [5.41, 5.74) is 10.9. The number of para-hydroxylation sites is 1. The third-order valence-corrected chi connectivity index (χ3v) is 6.27. The van der Waals surface area contributed by atoms with E-state index in [0.29, 0.717) is 11.3 Å². The maximum Gasteiger partial charge on any atom is 0.259 e. The number of nitrogens with one attached hydrogen (secondary N) is 2. The molecule has 1 amide bonds. The molecule has 4 rings (SSSR count). The average Bonchev–Trinajstić information content (AvgIpc) is 2.91. The predicted octanol–water partition coefficient (Wildman–Crippen LogP) is 6.08. The largest absolute Gasteiger partial charge is 0.341 e. The van der Waals surface area contributed by atoms with Gasteiger partial charge in [-0.25, -0.2) is 10.4 Å². The lowest BCUT2D eigenvalue weighted by Gasteiger charge is -2.32. The lowest BCUT2D eigenvalue weighted by Crippen LogP contribution is -2.31. The summed E-state index contributed by atoms with van der Waals surface area (Å²) in [7, 11) is 2.94. The van der Waals surface area contributed by atoms with Gasteiger partial charge in [0, 0.05) is 30.7 Å². The van der Waals surface area contributed by atoms with Crippen LogP contribution in [-0.4, -0.2) is 32.4 Å². The molecule has 38 heavy (non-hydrogen) atoms. The number of amidine groups is 1. The normalized spacial score (nSPS) is 13.9. The standard InChI is InChI=1S/C31H34N4O3/c1-22-18-23(2)20-27(19-22)35-17-9-11-25-21-24(15-16-29(25)35)10-8-14-28(30(32-3)34-38-37-4)31(36)33-26-12-6-5-7-13-26/h5-8,10,12-16,18-21H,9,11,17H2,1-4H3,(H,32,34)(H,33,36)/b10-8+,28-14-. The van der Waals surface area contributed by atoms with E-state index in [9.17, 15) is 4.79 Å². The molecule has 0 aliphatic carbocycles. The number of hydroxylamine groups is 1. The van der Waals surface area contributed by atoms with E-state index in [1.807, 2.05) is 42.5 Å². The van der Waals surface area contributed by atoms with Crippen LogP contribution in [-0.2, 0) is 21.1 Å². The minimum Gasteiger partial charge on any atom is -0.341 e. The first kappa shape index (κ1) is 26.9. The summed E-state index contributed by atoms with van der Waals surface area (Å²) in [6.07, 6.45) is 7.65. The van der Waals surface area contributed by atoms with Crippen LogP contribution in [0.25, 0.3) is 6.08 Å². The summed E-state index contributed by atoms with van der Waals surface area (Å²) in [4.78, 5) is 29.1. The fourth-order valence-electron chi connectivity index (χ4n) is 4.64. The second-order valence-corrected chi connectivity index (χ2v) is 9.17. The Hall–Kier alpha value is -4.20. The Balaban J connectivity index is 1.58. The van der Waals surface area contributed by atoms with Gasteiger partial charge in [-0.15, -0.1) is 4.99 Å². The van der Waals surface area contributed by atoms with E-state index in [0.717, 1.165) is 24.9 Å². The highest BCUT2D eigenvalue weighted by molar-refractivity contribution is 6.24. The second-order valence-electron chi connectivity index (χ2n) is 9.17. The summed E-state index contributed by atoms with van der Waals surface area (Å²) >= 11 is 0. The molecule has 1 aliphatic heterocycles. The van der Waals surface area contributed by atoms with Crippen LogP contribution in [0.3, 0.4) is 0 Å². The number of hydrogen-bond donors (Lipinski definition) is 2. The molecule has 1 aliphatic rings. The van der Waals surface area contributed by atoms with E-state index < -0.39 is 0 Å². The fraction of sp³-hybridized carbons (Fsp3) is 0.226. The zero-order chi connectivity index (χ0) is 26.9. The number of carbonyl (C=O) groups excluding carboxylic acids is 1. The Kier molecular flexibility index (Phi) is 9.08. The van der Waals surface area contributed by atoms with Crippen LogP contribution in [0.2, 0.25) is 0 Å². The minimum absolute atomic E-state index is 0.236. The molecule has 196 valence electrons. The van der Waals surface area contributed by atoms with Gasteiger partial charge in [0.2, 0.25) is 0 Å². The summed E-state index contributed by atoms with van der Waals surface area (Å²) in [5, 5.41) is 2.89. The van der Waals surface area contributed by atoms with Gasteiger partial charge in [-0.3, -0.25) is 9.79 Å². The molecule has 0 spiro atoms. The first-order valence-electron chi connectivity index (χ1n) is 12.6. The van der Waals surface area contributed by atoms with Crippen molar-refractivity contribution in [2.75, 3.05) is 30.9 Å². The van der Waals surface area contributed by atoms with Gasteiger partial charge in [-0.1, -0.05) is 42.5 Å². The highest BCUT2D eigenvalue weighted by Gasteiger charge is 2.19. The number of hydrogen-bond acceptors (Lipinski definition) is 5. The average molecular weight is 511 g/mol. The first-order chi connectivity index (χ1) is 18.5. The molecule has 0 radical (unpaired) electrons. The Bertz CT molecular complexity index is 1340. The molecule has 0 unspecified atom stereocenters. The Labute approximate surface area is 224 Å². The molecule has 0 aromatic heterocycles. The van der Waals surface area contributed by atoms with Gasteiger partial charge < -0.3 is 10.2 Å². The van der Waals surface area contributed by atoms with Crippen LogP contribution in [0.15, 0.2) is 89.4 Å². The number of rotatable bonds is 8. The van der Waals surface area contributed by atoms with Gasteiger partial charge in [0.1, 0.15) is 0 Å². The monoisotopic (exact) mass is 510 g/mol. The topological polar surface area (TPSA) is 75.2 Å². The maximum atomic E-state index is 13.1. The molecule has 7 nitrogen and oxygen atoms in total. The zero-order valence-corrected chi connectivity index (χ0v) is 22.3. The lowest BCUT2D eigenvalue weighted by molar-refractivity contribution is -0.300. The number of aryl methyl sites for hydroxylation is 3. The summed E-state index contributed by atoms with van der Waals surface area (Å²) in [5.74, 6) is -0.0948. The third-order valence-electron chi connectivity index (χ3n) is 6.27. The highest BCUT2D eigenvalue weighted by Crippen LogP contribution is 2.35. The van der Waals surface area contributed by atoms with Crippen molar-refractivity contribution in [3.05, 3.63) is 107 Å². The number of allylic oxidation sites excluding steroid dienone is 2. The smallest absolute Gasteiger partial charge is 0.259 e. The van der Waals surface area contributed by atoms with Crippen molar-refractivity contribution in [3.8, 4) is 0 Å². The molecule has 0 saturated carbocycles. The Morgan fingerprint density at radius 1 is 1.03 bits per heavy atom. The SMILES string of the molecule is C\N=C(NOOC)/C(=C/C=C/c1ccc2c(c1)CCCN2c1cc(C)cc(C)c1)C(=O)Nc1ccccc1. The molecule has 3 aromatic rings. The second kappa shape index (κ2) is 12.9. The van der Waals surface area contributed by atoms with Crippen LogP contribution in [0.1, 0.15) is 28.7 Å². The molecule has 0 saturated heterocycles. The van der Waals surface area contributed by atoms with Gasteiger partial charge in [-0.2, -0.15) is 0 Å². The molecule has 0 bridgehead atoms. The van der Waals surface area contributed by atoms with Crippen molar-refractivity contribution in [1.82, 2.24) is 5.48 Å². The molecular formula is C31H34N4O3. The molecule has 0 fully saturated rings. The van der Waals surface area contributed by atoms with Crippen molar-refractivity contribution >= 4 is 34.9 Å². The number of fused-ring (bicyclic) bond motifs is 1. The predicted molar refractivity (Wildman–Crippen MR) is 154 cm³/mol. The molecule has 7 heteroatoms. The van der Waals surface area contributed by atoms with E-state index >= 15 is 0 Å². The van der Waals surface area contributed by atoms with E-state index in [4.69, 9.17) is 4.99 Å². The van der Waals surface area contributed by atoms with Crippen LogP contribution >= 0.6 is 0 Å². The Morgan fingerprint density at radius 3 is 2.50 bits per heavy atom. The van der Waals surface area contributed by atoms with Crippen molar-refractivity contribution in [3.63, 3.8) is 0 Å². The van der Waals surface area contributed by atoms with Crippen molar-refractivity contribution in [2.24, 2.45) is 4.99 Å². The number of nitrogens with zero attached hydrogens (tertiary/aromatic N) is 2. The van der Waals surface area contributed by atoms with E-state index in [2.05, 4.69) is 75.8 Å². The number of benzene rings is 3. The molecular weight excluding hydrogens is 476 g/mol. The van der Waals surface area contributed by atoms with Crippen molar-refractivity contribution in [1.29, 1.82) is 0 Å².